The van der Waals surface area contributed by atoms with Gasteiger partial charge in [0.05, 0.1) is 7.11 Å². The predicted octanol–water partition coefficient (Wildman–Crippen LogP) is 2.97. The van der Waals surface area contributed by atoms with Crippen molar-refractivity contribution in [1.82, 2.24) is 10.6 Å². The fourth-order valence-corrected chi connectivity index (χ4v) is 3.26. The molecule has 1 atom stereocenters. The molecule has 0 aliphatic heterocycles. The Labute approximate surface area is 130 Å². The Morgan fingerprint density at radius 3 is 2.90 bits per heavy atom. The van der Waals surface area contributed by atoms with E-state index in [4.69, 9.17) is 17.0 Å². The third-order valence-electron chi connectivity index (χ3n) is 4.27. The molecule has 2 aromatic rings. The maximum Gasteiger partial charge on any atom is 0.166 e. The lowest BCUT2D eigenvalue weighted by Gasteiger charge is -2.16. The number of aryl methyl sites for hydroxylation is 1. The Morgan fingerprint density at radius 1 is 1.33 bits per heavy atom. The molecule has 110 valence electrons. The third-order valence-corrected chi connectivity index (χ3v) is 4.62. The lowest BCUT2D eigenvalue weighted by molar-refractivity contribution is 0.415. The number of rotatable bonds is 3. The zero-order chi connectivity index (χ0) is 14.8. The van der Waals surface area contributed by atoms with E-state index in [1.165, 1.54) is 28.3 Å². The largest absolute Gasteiger partial charge is 0.497 e. The number of fused-ring (bicyclic) bond motifs is 3. The van der Waals surface area contributed by atoms with E-state index in [2.05, 4.69) is 34.9 Å². The third kappa shape index (κ3) is 2.68. The van der Waals surface area contributed by atoms with Gasteiger partial charge in [-0.1, -0.05) is 18.2 Å². The summed E-state index contributed by atoms with van der Waals surface area (Å²) < 4.78 is 5.39. The van der Waals surface area contributed by atoms with Crippen molar-refractivity contribution in [2.45, 2.75) is 18.8 Å². The van der Waals surface area contributed by atoms with Crippen molar-refractivity contribution in [2.24, 2.45) is 0 Å². The first kappa shape index (κ1) is 14.1. The van der Waals surface area contributed by atoms with Gasteiger partial charge in [0.15, 0.2) is 5.11 Å². The Kier molecular flexibility index (Phi) is 3.97. The molecule has 0 heterocycles. The van der Waals surface area contributed by atoms with Crippen molar-refractivity contribution in [3.63, 3.8) is 0 Å². The first-order valence-corrected chi connectivity index (χ1v) is 7.69. The summed E-state index contributed by atoms with van der Waals surface area (Å²) in [4.78, 5) is 0. The van der Waals surface area contributed by atoms with Crippen LogP contribution in [0, 0.1) is 0 Å². The van der Waals surface area contributed by atoms with E-state index in [1.54, 1.807) is 7.11 Å². The molecule has 2 aromatic carbocycles. The molecular formula is C17H20N2OS. The van der Waals surface area contributed by atoms with E-state index < -0.39 is 0 Å². The number of hydrogen-bond donors (Lipinski definition) is 2. The van der Waals surface area contributed by atoms with Crippen molar-refractivity contribution in [2.75, 3.05) is 20.7 Å². The highest BCUT2D eigenvalue weighted by Gasteiger charge is 2.24. The van der Waals surface area contributed by atoms with E-state index >= 15 is 0 Å². The average molecular weight is 300 g/mol. The van der Waals surface area contributed by atoms with Crippen molar-refractivity contribution in [1.29, 1.82) is 0 Å². The van der Waals surface area contributed by atoms with Crippen molar-refractivity contribution < 1.29 is 4.74 Å². The molecule has 1 aliphatic rings. The molecule has 21 heavy (non-hydrogen) atoms. The van der Waals surface area contributed by atoms with Gasteiger partial charge in [0.2, 0.25) is 0 Å². The highest BCUT2D eigenvalue weighted by molar-refractivity contribution is 7.80. The summed E-state index contributed by atoms with van der Waals surface area (Å²) in [5.41, 5.74) is 2.91. The summed E-state index contributed by atoms with van der Waals surface area (Å²) in [6.45, 7) is 0.878. The second-order valence-electron chi connectivity index (χ2n) is 5.42. The molecule has 0 saturated heterocycles. The van der Waals surface area contributed by atoms with E-state index in [-0.39, 0.29) is 0 Å². The van der Waals surface area contributed by atoms with Crippen LogP contribution in [0.15, 0.2) is 30.3 Å². The van der Waals surface area contributed by atoms with E-state index in [9.17, 15) is 0 Å². The molecule has 0 fully saturated rings. The summed E-state index contributed by atoms with van der Waals surface area (Å²) in [5.74, 6) is 1.42. The Balaban J connectivity index is 1.98. The number of hydrogen-bond acceptors (Lipinski definition) is 2. The van der Waals surface area contributed by atoms with Crippen LogP contribution in [-0.2, 0) is 6.42 Å². The van der Waals surface area contributed by atoms with Gasteiger partial charge in [-0.25, -0.2) is 0 Å². The molecular weight excluding hydrogens is 280 g/mol. The molecule has 1 aliphatic carbocycles. The lowest BCUT2D eigenvalue weighted by Crippen LogP contribution is -2.34. The molecule has 4 heteroatoms. The van der Waals surface area contributed by atoms with Gasteiger partial charge in [0.1, 0.15) is 5.75 Å². The zero-order valence-corrected chi connectivity index (χ0v) is 13.2. The van der Waals surface area contributed by atoms with Crippen LogP contribution in [0.4, 0.5) is 0 Å². The normalized spacial score (nSPS) is 16.6. The van der Waals surface area contributed by atoms with E-state index in [1.807, 2.05) is 13.1 Å². The minimum atomic E-state index is 0.502. The number of thiocarbonyl (C=S) groups is 1. The average Bonchev–Trinajstić information content (AvgIpc) is 2.95. The van der Waals surface area contributed by atoms with Gasteiger partial charge in [0, 0.05) is 19.5 Å². The van der Waals surface area contributed by atoms with Crippen LogP contribution >= 0.6 is 12.2 Å². The Morgan fingerprint density at radius 2 is 2.14 bits per heavy atom. The van der Waals surface area contributed by atoms with Crippen molar-refractivity contribution in [3.8, 4) is 5.75 Å². The summed E-state index contributed by atoms with van der Waals surface area (Å²) in [7, 11) is 3.56. The van der Waals surface area contributed by atoms with Crippen LogP contribution in [0.3, 0.4) is 0 Å². The van der Waals surface area contributed by atoms with Crippen LogP contribution in [0.2, 0.25) is 0 Å². The molecule has 0 bridgehead atoms. The Hall–Kier alpha value is -1.81. The van der Waals surface area contributed by atoms with Gasteiger partial charge in [-0.05, 0) is 59.1 Å². The van der Waals surface area contributed by atoms with Crippen LogP contribution in [0.1, 0.15) is 23.5 Å². The minimum absolute atomic E-state index is 0.502. The first-order valence-electron chi connectivity index (χ1n) is 7.28. The van der Waals surface area contributed by atoms with Gasteiger partial charge in [-0.15, -0.1) is 0 Å². The second-order valence-corrected chi connectivity index (χ2v) is 5.83. The van der Waals surface area contributed by atoms with Crippen LogP contribution in [-0.4, -0.2) is 25.8 Å². The summed E-state index contributed by atoms with van der Waals surface area (Å²) >= 11 is 5.18. The van der Waals surface area contributed by atoms with Crippen LogP contribution in [0.25, 0.3) is 10.8 Å². The fourth-order valence-electron chi connectivity index (χ4n) is 3.18. The summed E-state index contributed by atoms with van der Waals surface area (Å²) in [5, 5.41) is 9.56. The van der Waals surface area contributed by atoms with Crippen LogP contribution < -0.4 is 15.4 Å². The van der Waals surface area contributed by atoms with Crippen molar-refractivity contribution >= 4 is 28.1 Å². The maximum absolute atomic E-state index is 5.39. The van der Waals surface area contributed by atoms with Gasteiger partial charge in [0.25, 0.3) is 0 Å². The lowest BCUT2D eigenvalue weighted by atomic mass is 9.94. The molecule has 0 aromatic heterocycles. The second kappa shape index (κ2) is 5.90. The fraction of sp³-hybridized carbons (Fsp3) is 0.353. The van der Waals surface area contributed by atoms with Gasteiger partial charge < -0.3 is 15.4 Å². The molecule has 2 N–H and O–H groups in total. The molecule has 0 saturated carbocycles. The number of nitrogens with one attached hydrogen (secondary N) is 2. The summed E-state index contributed by atoms with van der Waals surface area (Å²) in [6, 6.07) is 10.8. The smallest absolute Gasteiger partial charge is 0.166 e. The molecule has 0 spiro atoms. The minimum Gasteiger partial charge on any atom is -0.497 e. The highest BCUT2D eigenvalue weighted by Crippen LogP contribution is 2.39. The molecule has 0 radical (unpaired) electrons. The van der Waals surface area contributed by atoms with Gasteiger partial charge in [-0.3, -0.25) is 0 Å². The monoisotopic (exact) mass is 300 g/mol. The predicted molar refractivity (Wildman–Crippen MR) is 91.2 cm³/mol. The van der Waals surface area contributed by atoms with Gasteiger partial charge >= 0.3 is 0 Å². The number of ether oxygens (including phenoxy) is 1. The van der Waals surface area contributed by atoms with Crippen molar-refractivity contribution in [3.05, 3.63) is 41.5 Å². The quantitative estimate of drug-likeness (QED) is 0.854. The highest BCUT2D eigenvalue weighted by atomic mass is 32.1. The number of benzene rings is 2. The van der Waals surface area contributed by atoms with E-state index in [0.29, 0.717) is 11.0 Å². The molecule has 3 nitrogen and oxygen atoms in total. The standard InChI is InChI=1S/C17H20N2OS/c1-18-17(21)19-10-13-6-5-12-4-3-11-7-8-14(20-2)9-15(11)16(12)13/h3-4,7-9,13H,5-6,10H2,1-2H3,(H2,18,19,21). The molecule has 0 amide bonds. The molecule has 3 rings (SSSR count). The Bertz CT molecular complexity index is 684. The van der Waals surface area contributed by atoms with E-state index in [0.717, 1.165) is 18.7 Å². The zero-order valence-electron chi connectivity index (χ0n) is 12.4. The van der Waals surface area contributed by atoms with Gasteiger partial charge in [-0.2, -0.15) is 0 Å². The topological polar surface area (TPSA) is 33.3 Å². The molecule has 1 unspecified atom stereocenters. The summed E-state index contributed by atoms with van der Waals surface area (Å²) in [6.07, 6.45) is 2.31. The number of methoxy groups -OCH3 is 1. The SMILES string of the molecule is CNC(=S)NCC1CCc2ccc3ccc(OC)cc3c21. The van der Waals surface area contributed by atoms with Crippen LogP contribution in [0.5, 0.6) is 5.75 Å². The maximum atomic E-state index is 5.39. The first-order chi connectivity index (χ1) is 10.2.